The van der Waals surface area contributed by atoms with Gasteiger partial charge < -0.3 is 9.84 Å². The molecule has 0 saturated carbocycles. The van der Waals surface area contributed by atoms with E-state index in [4.69, 9.17) is 9.84 Å². The van der Waals surface area contributed by atoms with E-state index in [1.165, 1.54) is 6.07 Å². The highest BCUT2D eigenvalue weighted by Crippen LogP contribution is 2.24. The van der Waals surface area contributed by atoms with E-state index in [1.807, 2.05) is 13.8 Å². The minimum atomic E-state index is -1.20. The summed E-state index contributed by atoms with van der Waals surface area (Å²) >= 11 is 0. The molecule has 1 aromatic carbocycles. The Labute approximate surface area is 115 Å². The predicted octanol–water partition coefficient (Wildman–Crippen LogP) is 1.84. The summed E-state index contributed by atoms with van der Waals surface area (Å²) in [5.74, 6) is -0.451. The number of ether oxygens (including phenoxy) is 1. The molecule has 0 aliphatic heterocycles. The molecule has 104 valence electrons. The Kier molecular flexibility index (Phi) is 3.84. The van der Waals surface area contributed by atoms with Gasteiger partial charge in [0.1, 0.15) is 11.4 Å². The first kappa shape index (κ1) is 13.8. The summed E-state index contributed by atoms with van der Waals surface area (Å²) in [5, 5.41) is 8.93. The van der Waals surface area contributed by atoms with Gasteiger partial charge in [-0.15, -0.1) is 0 Å². The SMILES string of the molecule is CCOc1ccc(-c2cc(C(=O)O)[nH]c(=O)n2)cc1C. The maximum Gasteiger partial charge on any atom is 0.352 e. The van der Waals surface area contributed by atoms with Crippen LogP contribution in [-0.2, 0) is 0 Å². The van der Waals surface area contributed by atoms with Crippen LogP contribution in [0.5, 0.6) is 5.75 Å². The number of nitrogens with zero attached hydrogens (tertiary/aromatic N) is 1. The minimum Gasteiger partial charge on any atom is -0.494 e. The van der Waals surface area contributed by atoms with Gasteiger partial charge >= 0.3 is 11.7 Å². The van der Waals surface area contributed by atoms with Crippen LogP contribution < -0.4 is 10.4 Å². The molecule has 0 aliphatic rings. The van der Waals surface area contributed by atoms with Crippen molar-refractivity contribution in [1.29, 1.82) is 0 Å². The molecule has 0 saturated heterocycles. The number of nitrogens with one attached hydrogen (secondary N) is 1. The standard InChI is InChI=1S/C14H14N2O4/c1-3-20-12-5-4-9(6-8(12)2)10-7-11(13(17)18)16-14(19)15-10/h4-7H,3H2,1-2H3,(H,17,18)(H,15,16,19). The van der Waals surface area contributed by atoms with Crippen molar-refractivity contribution in [3.63, 3.8) is 0 Å². The van der Waals surface area contributed by atoms with Crippen molar-refractivity contribution in [1.82, 2.24) is 9.97 Å². The van der Waals surface area contributed by atoms with E-state index >= 15 is 0 Å². The summed E-state index contributed by atoms with van der Waals surface area (Å²) in [6.07, 6.45) is 0. The molecule has 6 heteroatoms. The fourth-order valence-electron chi connectivity index (χ4n) is 1.85. The lowest BCUT2D eigenvalue weighted by atomic mass is 10.1. The molecule has 0 bridgehead atoms. The van der Waals surface area contributed by atoms with Gasteiger partial charge in [0.15, 0.2) is 0 Å². The Hall–Kier alpha value is -2.63. The first-order valence-corrected chi connectivity index (χ1v) is 6.09. The molecule has 0 unspecified atom stereocenters. The number of benzene rings is 1. The third-order valence-electron chi connectivity index (χ3n) is 2.75. The van der Waals surface area contributed by atoms with Crippen LogP contribution in [-0.4, -0.2) is 27.7 Å². The van der Waals surface area contributed by atoms with Gasteiger partial charge in [-0.25, -0.2) is 9.59 Å². The van der Waals surface area contributed by atoms with E-state index in [0.717, 1.165) is 11.3 Å². The topological polar surface area (TPSA) is 92.3 Å². The van der Waals surface area contributed by atoms with E-state index in [-0.39, 0.29) is 5.69 Å². The normalized spacial score (nSPS) is 10.3. The Morgan fingerprint density at radius 1 is 1.40 bits per heavy atom. The molecule has 1 aromatic heterocycles. The zero-order valence-electron chi connectivity index (χ0n) is 11.1. The van der Waals surface area contributed by atoms with Crippen molar-refractivity contribution in [2.24, 2.45) is 0 Å². The number of carboxylic acids is 1. The van der Waals surface area contributed by atoms with Gasteiger partial charge in [0.25, 0.3) is 0 Å². The Bertz CT molecular complexity index is 707. The van der Waals surface area contributed by atoms with Crippen LogP contribution in [0.15, 0.2) is 29.1 Å². The van der Waals surface area contributed by atoms with Gasteiger partial charge in [-0.05, 0) is 43.7 Å². The summed E-state index contributed by atoms with van der Waals surface area (Å²) in [6.45, 7) is 4.33. The highest BCUT2D eigenvalue weighted by atomic mass is 16.5. The molecule has 0 atom stereocenters. The highest BCUT2D eigenvalue weighted by Gasteiger charge is 2.10. The molecular weight excluding hydrogens is 260 g/mol. The van der Waals surface area contributed by atoms with E-state index in [2.05, 4.69) is 9.97 Å². The maximum absolute atomic E-state index is 11.4. The van der Waals surface area contributed by atoms with Crippen molar-refractivity contribution in [3.05, 3.63) is 46.0 Å². The van der Waals surface area contributed by atoms with Gasteiger partial charge in [-0.3, -0.25) is 4.98 Å². The number of hydrogen-bond donors (Lipinski definition) is 2. The lowest BCUT2D eigenvalue weighted by molar-refractivity contribution is 0.0690. The van der Waals surface area contributed by atoms with E-state index < -0.39 is 11.7 Å². The van der Waals surface area contributed by atoms with E-state index in [0.29, 0.717) is 17.9 Å². The number of aryl methyl sites for hydroxylation is 1. The molecule has 6 nitrogen and oxygen atoms in total. The van der Waals surface area contributed by atoms with Crippen LogP contribution in [0.1, 0.15) is 23.0 Å². The van der Waals surface area contributed by atoms with E-state index in [9.17, 15) is 9.59 Å². The smallest absolute Gasteiger partial charge is 0.352 e. The average molecular weight is 274 g/mol. The number of carbonyl (C=O) groups is 1. The molecule has 0 aliphatic carbocycles. The zero-order chi connectivity index (χ0) is 14.7. The quantitative estimate of drug-likeness (QED) is 0.887. The van der Waals surface area contributed by atoms with Crippen molar-refractivity contribution in [3.8, 4) is 17.0 Å². The van der Waals surface area contributed by atoms with Gasteiger partial charge in [0.2, 0.25) is 0 Å². The highest BCUT2D eigenvalue weighted by molar-refractivity contribution is 5.86. The molecule has 0 amide bonds. The molecule has 2 N–H and O–H groups in total. The maximum atomic E-state index is 11.4. The largest absolute Gasteiger partial charge is 0.494 e. The second-order valence-electron chi connectivity index (χ2n) is 4.20. The number of aromatic amines is 1. The number of aromatic nitrogens is 2. The number of hydrogen-bond acceptors (Lipinski definition) is 4. The molecule has 2 rings (SSSR count). The second-order valence-corrected chi connectivity index (χ2v) is 4.20. The van der Waals surface area contributed by atoms with Crippen LogP contribution in [0.4, 0.5) is 0 Å². The van der Waals surface area contributed by atoms with Crippen LogP contribution in [0.25, 0.3) is 11.3 Å². The van der Waals surface area contributed by atoms with Gasteiger partial charge in [0, 0.05) is 5.56 Å². The third-order valence-corrected chi connectivity index (χ3v) is 2.75. The van der Waals surface area contributed by atoms with Gasteiger partial charge in [-0.1, -0.05) is 0 Å². The molecule has 1 heterocycles. The van der Waals surface area contributed by atoms with Crippen molar-refractivity contribution < 1.29 is 14.6 Å². The van der Waals surface area contributed by atoms with Gasteiger partial charge in [0.05, 0.1) is 12.3 Å². The average Bonchev–Trinajstić information content (AvgIpc) is 2.40. The number of aromatic carboxylic acids is 1. The number of carboxylic acid groups (broad SMARTS) is 1. The summed E-state index contributed by atoms with van der Waals surface area (Å²) in [6, 6.07) is 6.65. The third kappa shape index (κ3) is 2.85. The van der Waals surface area contributed by atoms with Crippen LogP contribution in [0, 0.1) is 6.92 Å². The van der Waals surface area contributed by atoms with Crippen molar-refractivity contribution in [2.75, 3.05) is 6.61 Å². The molecule has 2 aromatic rings. The first-order chi connectivity index (χ1) is 9.51. The molecule has 0 spiro atoms. The molecule has 20 heavy (non-hydrogen) atoms. The Balaban J connectivity index is 2.49. The zero-order valence-corrected chi connectivity index (χ0v) is 11.1. The summed E-state index contributed by atoms with van der Waals surface area (Å²) in [5.41, 5.74) is 0.998. The minimum absolute atomic E-state index is 0.188. The summed E-state index contributed by atoms with van der Waals surface area (Å²) in [7, 11) is 0. The Morgan fingerprint density at radius 2 is 2.15 bits per heavy atom. The van der Waals surface area contributed by atoms with Crippen LogP contribution in [0.3, 0.4) is 0 Å². The summed E-state index contributed by atoms with van der Waals surface area (Å²) in [4.78, 5) is 28.3. The monoisotopic (exact) mass is 274 g/mol. The number of H-pyrrole nitrogens is 1. The molecular formula is C14H14N2O4. The van der Waals surface area contributed by atoms with Crippen LogP contribution >= 0.6 is 0 Å². The van der Waals surface area contributed by atoms with Crippen molar-refractivity contribution in [2.45, 2.75) is 13.8 Å². The molecule has 0 radical (unpaired) electrons. The van der Waals surface area contributed by atoms with E-state index in [1.54, 1.807) is 18.2 Å². The van der Waals surface area contributed by atoms with Crippen molar-refractivity contribution >= 4 is 5.97 Å². The summed E-state index contributed by atoms with van der Waals surface area (Å²) < 4.78 is 5.43. The fraction of sp³-hybridized carbons (Fsp3) is 0.214. The lowest BCUT2D eigenvalue weighted by Gasteiger charge is -2.09. The fourth-order valence-corrected chi connectivity index (χ4v) is 1.85. The predicted molar refractivity (Wildman–Crippen MR) is 73.2 cm³/mol. The van der Waals surface area contributed by atoms with Gasteiger partial charge in [-0.2, -0.15) is 4.98 Å². The first-order valence-electron chi connectivity index (χ1n) is 6.09. The Morgan fingerprint density at radius 3 is 2.75 bits per heavy atom. The van der Waals surface area contributed by atoms with Crippen LogP contribution in [0.2, 0.25) is 0 Å². The number of rotatable bonds is 4. The molecule has 0 fully saturated rings. The lowest BCUT2D eigenvalue weighted by Crippen LogP contribution is -2.16. The second kappa shape index (κ2) is 5.56.